The highest BCUT2D eigenvalue weighted by Gasteiger charge is 2.30. The SMILES string of the molecule is COc1ccccc1C(C)NC(=O)CC1(N)CCCCC1. The number of ether oxygens (including phenoxy) is 1. The number of carbonyl (C=O) groups is 1. The van der Waals surface area contributed by atoms with Gasteiger partial charge in [0.05, 0.1) is 13.2 Å². The second-order valence-corrected chi connectivity index (χ2v) is 6.13. The van der Waals surface area contributed by atoms with Gasteiger partial charge in [0.2, 0.25) is 5.91 Å². The zero-order valence-corrected chi connectivity index (χ0v) is 13.0. The van der Waals surface area contributed by atoms with Gasteiger partial charge >= 0.3 is 0 Å². The lowest BCUT2D eigenvalue weighted by atomic mass is 9.80. The predicted molar refractivity (Wildman–Crippen MR) is 84.2 cm³/mol. The van der Waals surface area contributed by atoms with Crippen LogP contribution in [0.25, 0.3) is 0 Å². The summed E-state index contributed by atoms with van der Waals surface area (Å²) in [7, 11) is 1.64. The molecule has 0 bridgehead atoms. The van der Waals surface area contributed by atoms with Gasteiger partial charge in [-0.3, -0.25) is 4.79 Å². The Morgan fingerprint density at radius 2 is 2.00 bits per heavy atom. The highest BCUT2D eigenvalue weighted by Crippen LogP contribution is 2.29. The van der Waals surface area contributed by atoms with Crippen LogP contribution in [-0.4, -0.2) is 18.6 Å². The molecular formula is C17H26N2O2. The Bertz CT molecular complexity index is 481. The number of hydrogen-bond acceptors (Lipinski definition) is 3. The van der Waals surface area contributed by atoms with E-state index in [0.717, 1.165) is 37.0 Å². The summed E-state index contributed by atoms with van der Waals surface area (Å²) in [6.45, 7) is 1.97. The number of hydrogen-bond donors (Lipinski definition) is 2. The average molecular weight is 290 g/mol. The molecule has 1 atom stereocenters. The molecule has 4 nitrogen and oxygen atoms in total. The number of amides is 1. The number of nitrogens with one attached hydrogen (secondary N) is 1. The molecule has 1 fully saturated rings. The molecule has 1 unspecified atom stereocenters. The molecule has 0 aliphatic heterocycles. The Kier molecular flexibility index (Phi) is 5.23. The summed E-state index contributed by atoms with van der Waals surface area (Å²) in [4.78, 5) is 12.3. The molecule has 1 amide bonds. The van der Waals surface area contributed by atoms with E-state index in [2.05, 4.69) is 5.32 Å². The van der Waals surface area contributed by atoms with Crippen LogP contribution in [-0.2, 0) is 4.79 Å². The molecular weight excluding hydrogens is 264 g/mol. The molecule has 1 aliphatic rings. The largest absolute Gasteiger partial charge is 0.496 e. The molecule has 1 aliphatic carbocycles. The third kappa shape index (κ3) is 4.21. The minimum atomic E-state index is -0.317. The van der Waals surface area contributed by atoms with Crippen molar-refractivity contribution in [3.05, 3.63) is 29.8 Å². The van der Waals surface area contributed by atoms with Gasteiger partial charge in [-0.05, 0) is 25.8 Å². The first-order valence-corrected chi connectivity index (χ1v) is 7.75. The van der Waals surface area contributed by atoms with Crippen molar-refractivity contribution in [1.29, 1.82) is 0 Å². The fourth-order valence-electron chi connectivity index (χ4n) is 3.15. The number of nitrogens with two attached hydrogens (primary N) is 1. The summed E-state index contributed by atoms with van der Waals surface area (Å²) in [6.07, 6.45) is 5.80. The lowest BCUT2D eigenvalue weighted by Gasteiger charge is -2.33. The Hall–Kier alpha value is -1.55. The lowest BCUT2D eigenvalue weighted by molar-refractivity contribution is -0.123. The fourth-order valence-corrected chi connectivity index (χ4v) is 3.15. The first-order valence-electron chi connectivity index (χ1n) is 7.75. The standard InChI is InChI=1S/C17H26N2O2/c1-13(14-8-4-5-9-15(14)21-2)19-16(20)12-17(18)10-6-3-7-11-17/h4-5,8-9,13H,3,6-7,10-12,18H2,1-2H3,(H,19,20). The van der Waals surface area contributed by atoms with Crippen LogP contribution in [0.4, 0.5) is 0 Å². The van der Waals surface area contributed by atoms with Gasteiger partial charge in [0, 0.05) is 17.5 Å². The van der Waals surface area contributed by atoms with Crippen molar-refractivity contribution in [2.45, 2.75) is 57.0 Å². The maximum atomic E-state index is 12.3. The summed E-state index contributed by atoms with van der Waals surface area (Å²) in [5.74, 6) is 0.822. The number of carbonyl (C=O) groups excluding carboxylic acids is 1. The van der Waals surface area contributed by atoms with E-state index in [1.165, 1.54) is 6.42 Å². The summed E-state index contributed by atoms with van der Waals surface area (Å²) in [6, 6.07) is 7.67. The second-order valence-electron chi connectivity index (χ2n) is 6.13. The van der Waals surface area contributed by atoms with Crippen LogP contribution in [0.5, 0.6) is 5.75 Å². The number of benzene rings is 1. The first-order chi connectivity index (χ1) is 10.0. The van der Waals surface area contributed by atoms with Gasteiger partial charge in [-0.1, -0.05) is 37.5 Å². The van der Waals surface area contributed by atoms with E-state index >= 15 is 0 Å². The van der Waals surface area contributed by atoms with E-state index < -0.39 is 0 Å². The van der Waals surface area contributed by atoms with Crippen LogP contribution in [0, 0.1) is 0 Å². The van der Waals surface area contributed by atoms with Crippen molar-refractivity contribution in [1.82, 2.24) is 5.32 Å². The van der Waals surface area contributed by atoms with Gasteiger partial charge in [0.15, 0.2) is 0 Å². The van der Waals surface area contributed by atoms with Crippen molar-refractivity contribution < 1.29 is 9.53 Å². The van der Waals surface area contributed by atoms with Crippen molar-refractivity contribution in [2.24, 2.45) is 5.73 Å². The smallest absolute Gasteiger partial charge is 0.222 e. The molecule has 0 radical (unpaired) electrons. The van der Waals surface area contributed by atoms with Crippen LogP contribution in [0.2, 0.25) is 0 Å². The number of rotatable bonds is 5. The van der Waals surface area contributed by atoms with Crippen LogP contribution in [0.3, 0.4) is 0 Å². The first kappa shape index (κ1) is 15.8. The van der Waals surface area contributed by atoms with E-state index in [1.54, 1.807) is 7.11 Å². The highest BCUT2D eigenvalue weighted by molar-refractivity contribution is 5.77. The third-order valence-corrected chi connectivity index (χ3v) is 4.34. The number of methoxy groups -OCH3 is 1. The second kappa shape index (κ2) is 6.94. The Labute approximate surface area is 127 Å². The summed E-state index contributed by atoms with van der Waals surface area (Å²) < 4.78 is 5.34. The molecule has 0 saturated heterocycles. The molecule has 3 N–H and O–H groups in total. The minimum Gasteiger partial charge on any atom is -0.496 e. The Balaban J connectivity index is 1.95. The van der Waals surface area contributed by atoms with Gasteiger partial charge in [0.25, 0.3) is 0 Å². The van der Waals surface area contributed by atoms with E-state index in [9.17, 15) is 4.79 Å². The summed E-state index contributed by atoms with van der Waals surface area (Å²) >= 11 is 0. The molecule has 2 rings (SSSR count). The summed E-state index contributed by atoms with van der Waals surface area (Å²) in [5, 5.41) is 3.04. The molecule has 1 saturated carbocycles. The highest BCUT2D eigenvalue weighted by atomic mass is 16.5. The van der Waals surface area contributed by atoms with Crippen LogP contribution in [0.1, 0.15) is 57.1 Å². The molecule has 1 aromatic carbocycles. The molecule has 0 spiro atoms. The van der Waals surface area contributed by atoms with Gasteiger partial charge in [-0.2, -0.15) is 0 Å². The minimum absolute atomic E-state index is 0.0257. The normalized spacial score (nSPS) is 18.8. The predicted octanol–water partition coefficient (Wildman–Crippen LogP) is 2.92. The summed E-state index contributed by atoms with van der Waals surface area (Å²) in [5.41, 5.74) is 7.02. The number of para-hydroxylation sites is 1. The topological polar surface area (TPSA) is 64.3 Å². The quantitative estimate of drug-likeness (QED) is 0.876. The monoisotopic (exact) mass is 290 g/mol. The Morgan fingerprint density at radius 1 is 1.33 bits per heavy atom. The van der Waals surface area contributed by atoms with Gasteiger partial charge in [0.1, 0.15) is 5.75 Å². The van der Waals surface area contributed by atoms with E-state index in [1.807, 2.05) is 31.2 Å². The zero-order valence-electron chi connectivity index (χ0n) is 13.0. The van der Waals surface area contributed by atoms with E-state index in [-0.39, 0.29) is 17.5 Å². The van der Waals surface area contributed by atoms with Gasteiger partial charge in [-0.15, -0.1) is 0 Å². The van der Waals surface area contributed by atoms with Crippen molar-refractivity contribution >= 4 is 5.91 Å². The van der Waals surface area contributed by atoms with E-state index in [0.29, 0.717) is 6.42 Å². The lowest BCUT2D eigenvalue weighted by Crippen LogP contribution is -2.46. The molecule has 0 heterocycles. The molecule has 116 valence electrons. The van der Waals surface area contributed by atoms with Crippen LogP contribution in [0.15, 0.2) is 24.3 Å². The zero-order chi connectivity index (χ0) is 15.3. The molecule has 21 heavy (non-hydrogen) atoms. The van der Waals surface area contributed by atoms with Crippen molar-refractivity contribution in [3.8, 4) is 5.75 Å². The third-order valence-electron chi connectivity index (χ3n) is 4.34. The van der Waals surface area contributed by atoms with Gasteiger partial charge in [-0.25, -0.2) is 0 Å². The van der Waals surface area contributed by atoms with Gasteiger partial charge < -0.3 is 15.8 Å². The Morgan fingerprint density at radius 3 is 2.67 bits per heavy atom. The fraction of sp³-hybridized carbons (Fsp3) is 0.588. The molecule has 4 heteroatoms. The molecule has 1 aromatic rings. The van der Waals surface area contributed by atoms with Crippen molar-refractivity contribution in [3.63, 3.8) is 0 Å². The van der Waals surface area contributed by atoms with Crippen LogP contribution < -0.4 is 15.8 Å². The molecule has 0 aromatic heterocycles. The average Bonchev–Trinajstić information content (AvgIpc) is 2.47. The van der Waals surface area contributed by atoms with Crippen molar-refractivity contribution in [2.75, 3.05) is 7.11 Å². The maximum absolute atomic E-state index is 12.3. The van der Waals surface area contributed by atoms with E-state index in [4.69, 9.17) is 10.5 Å². The maximum Gasteiger partial charge on any atom is 0.222 e. The van der Waals surface area contributed by atoms with Crippen LogP contribution >= 0.6 is 0 Å².